The number of carbonyl (C=O) groups excluding carboxylic acids is 1. The molecule has 1 spiro atoms. The van der Waals surface area contributed by atoms with Gasteiger partial charge in [0.1, 0.15) is 0 Å². The molecule has 232 valence electrons. The van der Waals surface area contributed by atoms with Crippen LogP contribution in [0.2, 0.25) is 0 Å². The molecule has 4 heterocycles. The second-order valence-electron chi connectivity index (χ2n) is 15.2. The number of piperidine rings is 1. The van der Waals surface area contributed by atoms with Crippen molar-refractivity contribution < 1.29 is 22.7 Å². The molecule has 0 bridgehead atoms. The number of ether oxygens (including phenoxy) is 1. The van der Waals surface area contributed by atoms with E-state index in [0.29, 0.717) is 24.3 Å². The number of carbonyl (C=O) groups is 1. The summed E-state index contributed by atoms with van der Waals surface area (Å²) in [6, 6.07) is 0.159. The first kappa shape index (κ1) is 28.8. The minimum atomic E-state index is -4.26. The van der Waals surface area contributed by atoms with E-state index < -0.39 is 23.9 Å². The van der Waals surface area contributed by atoms with Crippen LogP contribution in [0.15, 0.2) is 0 Å². The quantitative estimate of drug-likeness (QED) is 0.491. The van der Waals surface area contributed by atoms with Gasteiger partial charge in [0.05, 0.1) is 32.0 Å². The van der Waals surface area contributed by atoms with Crippen LogP contribution in [0.25, 0.3) is 0 Å². The fourth-order valence-electron chi connectivity index (χ4n) is 9.92. The second-order valence-corrected chi connectivity index (χ2v) is 15.2. The van der Waals surface area contributed by atoms with Crippen LogP contribution in [-0.4, -0.2) is 91.6 Å². The van der Waals surface area contributed by atoms with Gasteiger partial charge in [-0.1, -0.05) is 6.42 Å². The van der Waals surface area contributed by atoms with Crippen molar-refractivity contribution in [3.8, 4) is 0 Å². The molecule has 2 N–H and O–H groups in total. The number of hydrazine groups is 1. The van der Waals surface area contributed by atoms with Crippen molar-refractivity contribution in [2.24, 2.45) is 40.4 Å². The van der Waals surface area contributed by atoms with Gasteiger partial charge in [-0.15, -0.1) is 0 Å². The third kappa shape index (κ3) is 5.25. The molecule has 1 amide bonds. The summed E-state index contributed by atoms with van der Waals surface area (Å²) in [7, 11) is 2.11. The Balaban J connectivity index is 1.05. The highest BCUT2D eigenvalue weighted by Gasteiger charge is 2.59. The van der Waals surface area contributed by atoms with Crippen molar-refractivity contribution in [1.29, 1.82) is 0 Å². The van der Waals surface area contributed by atoms with Crippen molar-refractivity contribution in [1.82, 2.24) is 25.6 Å². The first-order chi connectivity index (χ1) is 19.6. The summed E-state index contributed by atoms with van der Waals surface area (Å²) < 4.78 is 49.5. The SMILES string of the molecule is C[C@@H](C1CC2C(=O)N(C3CCCC(C4(CC5NNCN5C)COC4)C3)CC2C(C(F)(F)F)C1)N1CCC2(CC1)CC2. The van der Waals surface area contributed by atoms with Gasteiger partial charge in [-0.2, -0.15) is 13.2 Å². The molecule has 0 aromatic rings. The van der Waals surface area contributed by atoms with E-state index in [1.807, 2.05) is 4.90 Å². The summed E-state index contributed by atoms with van der Waals surface area (Å²) in [5.41, 5.74) is 7.24. The van der Waals surface area contributed by atoms with Crippen molar-refractivity contribution in [2.45, 2.75) is 102 Å². The van der Waals surface area contributed by atoms with Crippen molar-refractivity contribution in [3.63, 3.8) is 0 Å². The lowest BCUT2D eigenvalue weighted by Crippen LogP contribution is -2.56. The van der Waals surface area contributed by atoms with Gasteiger partial charge in [0, 0.05) is 30.0 Å². The molecular weight excluding hydrogens is 531 g/mol. The van der Waals surface area contributed by atoms with Gasteiger partial charge < -0.3 is 14.5 Å². The lowest BCUT2D eigenvalue weighted by Gasteiger charge is -2.52. The van der Waals surface area contributed by atoms with Gasteiger partial charge in [-0.3, -0.25) is 9.69 Å². The zero-order valence-electron chi connectivity index (χ0n) is 24.9. The van der Waals surface area contributed by atoms with E-state index in [0.717, 1.165) is 65.1 Å². The van der Waals surface area contributed by atoms with Crippen LogP contribution in [0.1, 0.15) is 77.6 Å². The Hall–Kier alpha value is -0.940. The van der Waals surface area contributed by atoms with E-state index in [-0.39, 0.29) is 41.9 Å². The molecule has 7 rings (SSSR count). The fourth-order valence-corrected chi connectivity index (χ4v) is 9.92. The van der Waals surface area contributed by atoms with Gasteiger partial charge in [-0.25, -0.2) is 10.9 Å². The van der Waals surface area contributed by atoms with Gasteiger partial charge in [-0.05, 0) is 114 Å². The molecular formula is C31H50F3N5O2. The Morgan fingerprint density at radius 2 is 1.83 bits per heavy atom. The Morgan fingerprint density at radius 1 is 1.07 bits per heavy atom. The highest BCUT2D eigenvalue weighted by Crippen LogP contribution is 2.56. The average Bonchev–Trinajstić information content (AvgIpc) is 3.42. The molecule has 0 radical (unpaired) electrons. The van der Waals surface area contributed by atoms with E-state index in [1.54, 1.807) is 0 Å². The highest BCUT2D eigenvalue weighted by atomic mass is 19.4. The molecule has 8 atom stereocenters. The summed E-state index contributed by atoms with van der Waals surface area (Å²) in [5, 5.41) is 0. The predicted molar refractivity (Wildman–Crippen MR) is 149 cm³/mol. The maximum Gasteiger partial charge on any atom is 0.392 e. The number of nitrogens with zero attached hydrogens (tertiary/aromatic N) is 3. The Labute approximate surface area is 243 Å². The van der Waals surface area contributed by atoms with Crippen LogP contribution in [-0.2, 0) is 9.53 Å². The van der Waals surface area contributed by atoms with Crippen molar-refractivity contribution in [2.75, 3.05) is 46.6 Å². The lowest BCUT2D eigenvalue weighted by molar-refractivity contribution is -0.206. The molecule has 10 heteroatoms. The van der Waals surface area contributed by atoms with Crippen LogP contribution >= 0.6 is 0 Å². The van der Waals surface area contributed by atoms with Crippen LogP contribution in [0.5, 0.6) is 0 Å². The Bertz CT molecular complexity index is 977. The molecule has 3 saturated carbocycles. The molecule has 4 saturated heterocycles. The summed E-state index contributed by atoms with van der Waals surface area (Å²) in [6.45, 7) is 6.71. The zero-order valence-corrected chi connectivity index (χ0v) is 24.9. The third-order valence-electron chi connectivity index (χ3n) is 13.1. The number of rotatable bonds is 6. The number of alkyl halides is 3. The molecule has 7 nitrogen and oxygen atoms in total. The number of halogens is 3. The molecule has 0 aromatic heterocycles. The van der Waals surface area contributed by atoms with E-state index in [4.69, 9.17) is 4.74 Å². The van der Waals surface area contributed by atoms with Crippen LogP contribution in [0, 0.1) is 40.4 Å². The van der Waals surface area contributed by atoms with E-state index in [1.165, 1.54) is 25.7 Å². The monoisotopic (exact) mass is 581 g/mol. The molecule has 4 aliphatic heterocycles. The standard InChI is InChI=1S/C31H50F3N5O2/c1-20(38-10-8-29(6-7-29)9-11-38)21-12-24-25(26(13-21)31(32,33)34)16-39(28(24)40)23-5-3-4-22(14-23)30(17-41-18-30)15-27-36-35-19-37(27)2/h20-27,35-36H,3-19H2,1-2H3/t20-,21?,22?,23?,24?,25?,26?,27?/m0/s1. The number of fused-ring (bicyclic) bond motifs is 1. The number of hydrogen-bond donors (Lipinski definition) is 2. The first-order valence-corrected chi connectivity index (χ1v) is 16.5. The van der Waals surface area contributed by atoms with Gasteiger partial charge in [0.25, 0.3) is 0 Å². The molecule has 7 fully saturated rings. The van der Waals surface area contributed by atoms with Crippen molar-refractivity contribution in [3.05, 3.63) is 0 Å². The normalized spacial score (nSPS) is 41.8. The number of likely N-dealkylation sites (tertiary alicyclic amines) is 2. The van der Waals surface area contributed by atoms with Gasteiger partial charge in [0.2, 0.25) is 5.91 Å². The molecule has 7 aliphatic rings. The van der Waals surface area contributed by atoms with Gasteiger partial charge in [0.15, 0.2) is 0 Å². The second kappa shape index (κ2) is 10.6. The maximum absolute atomic E-state index is 14.6. The molecule has 3 aliphatic carbocycles. The third-order valence-corrected chi connectivity index (χ3v) is 13.1. The summed E-state index contributed by atoms with van der Waals surface area (Å²) in [6.07, 6.45) is 6.74. The van der Waals surface area contributed by atoms with Gasteiger partial charge >= 0.3 is 6.18 Å². The first-order valence-electron chi connectivity index (χ1n) is 16.5. The molecule has 0 aromatic carbocycles. The minimum absolute atomic E-state index is 0.0164. The minimum Gasteiger partial charge on any atom is -0.380 e. The molecule has 7 unspecified atom stereocenters. The predicted octanol–water partition coefficient (Wildman–Crippen LogP) is 4.20. The number of hydrogen-bond acceptors (Lipinski definition) is 6. The molecule has 41 heavy (non-hydrogen) atoms. The van der Waals surface area contributed by atoms with E-state index in [9.17, 15) is 18.0 Å². The average molecular weight is 582 g/mol. The summed E-state index contributed by atoms with van der Waals surface area (Å²) in [5.74, 6) is -2.07. The Kier molecular flexibility index (Phi) is 7.45. The van der Waals surface area contributed by atoms with Crippen LogP contribution in [0.4, 0.5) is 13.2 Å². The van der Waals surface area contributed by atoms with Crippen molar-refractivity contribution >= 4 is 5.91 Å². The topological polar surface area (TPSA) is 60.1 Å². The number of nitrogens with one attached hydrogen (secondary N) is 2. The summed E-state index contributed by atoms with van der Waals surface area (Å²) in [4.78, 5) is 20.7. The Morgan fingerprint density at radius 3 is 2.44 bits per heavy atom. The van der Waals surface area contributed by atoms with E-state index >= 15 is 0 Å². The van der Waals surface area contributed by atoms with Crippen LogP contribution < -0.4 is 10.9 Å². The zero-order chi connectivity index (χ0) is 28.6. The highest BCUT2D eigenvalue weighted by molar-refractivity contribution is 5.82. The lowest BCUT2D eigenvalue weighted by atomic mass is 9.64. The largest absolute Gasteiger partial charge is 0.392 e. The summed E-state index contributed by atoms with van der Waals surface area (Å²) >= 11 is 0. The van der Waals surface area contributed by atoms with E-state index in [2.05, 4.69) is 34.6 Å². The smallest absolute Gasteiger partial charge is 0.380 e. The fraction of sp³-hybridized carbons (Fsp3) is 0.968. The maximum atomic E-state index is 14.6. The van der Waals surface area contributed by atoms with Crippen LogP contribution in [0.3, 0.4) is 0 Å². The number of amides is 1.